The lowest BCUT2D eigenvalue weighted by Gasteiger charge is -2.03. The lowest BCUT2D eigenvalue weighted by molar-refractivity contribution is -0.131. The number of hydrogen-bond acceptors (Lipinski definition) is 3. The Morgan fingerprint density at radius 1 is 1.22 bits per heavy atom. The van der Waals surface area contributed by atoms with Crippen molar-refractivity contribution in [1.29, 1.82) is 0 Å². The Morgan fingerprint density at radius 2 is 1.78 bits per heavy atom. The van der Waals surface area contributed by atoms with Crippen LogP contribution >= 0.6 is 0 Å². The van der Waals surface area contributed by atoms with Crippen LogP contribution in [0.3, 0.4) is 0 Å². The number of hydrogen-bond donors (Lipinski definition) is 1. The van der Waals surface area contributed by atoms with Crippen molar-refractivity contribution in [2.45, 2.75) is 6.92 Å². The van der Waals surface area contributed by atoms with Gasteiger partial charge >= 0.3 is 5.97 Å². The molecule has 0 bridgehead atoms. The van der Waals surface area contributed by atoms with Gasteiger partial charge in [-0.2, -0.15) is 0 Å². The van der Waals surface area contributed by atoms with Crippen LogP contribution < -0.4 is 4.74 Å². The number of rotatable bonds is 1. The van der Waals surface area contributed by atoms with Crippen molar-refractivity contribution in [1.82, 2.24) is 0 Å². The summed E-state index contributed by atoms with van der Waals surface area (Å²) in [6.45, 7) is 1.09. The van der Waals surface area contributed by atoms with Gasteiger partial charge < -0.3 is 9.84 Å². The zero-order valence-electron chi connectivity index (χ0n) is 9.59. The highest BCUT2D eigenvalue weighted by Gasteiger charge is 2.00. The van der Waals surface area contributed by atoms with Crippen LogP contribution in [0.2, 0.25) is 0 Å². The van der Waals surface area contributed by atoms with E-state index < -0.39 is 0 Å². The largest absolute Gasteiger partial charge is 0.483 e. The number of benzene rings is 2. The Kier molecular flexibility index (Phi) is 4.80. The van der Waals surface area contributed by atoms with Gasteiger partial charge in [-0.3, -0.25) is 9.59 Å². The van der Waals surface area contributed by atoms with Crippen molar-refractivity contribution < 1.29 is 23.8 Å². The second-order valence-corrected chi connectivity index (χ2v) is 3.35. The molecule has 0 aliphatic rings. The van der Waals surface area contributed by atoms with Crippen molar-refractivity contribution in [3.63, 3.8) is 0 Å². The molecule has 0 amide bonds. The molecule has 0 spiro atoms. The van der Waals surface area contributed by atoms with Crippen molar-refractivity contribution in [3.05, 3.63) is 42.2 Å². The molecule has 0 saturated heterocycles. The maximum atomic E-state index is 12.9. The summed E-state index contributed by atoms with van der Waals surface area (Å²) < 4.78 is 17.8. The molecule has 0 aliphatic carbocycles. The van der Waals surface area contributed by atoms with Crippen LogP contribution in [0.15, 0.2) is 36.4 Å². The Hall–Kier alpha value is -2.43. The predicted octanol–water partition coefficient (Wildman–Crippen LogP) is 2.61. The average Bonchev–Trinajstić information content (AvgIpc) is 2.29. The zero-order chi connectivity index (χ0) is 13.5. The molecule has 0 atom stereocenters. The number of carboxylic acid groups (broad SMARTS) is 1. The molecule has 2 aromatic rings. The van der Waals surface area contributed by atoms with E-state index in [-0.39, 0.29) is 18.3 Å². The van der Waals surface area contributed by atoms with E-state index in [0.29, 0.717) is 5.75 Å². The van der Waals surface area contributed by atoms with Gasteiger partial charge in [0.1, 0.15) is 11.6 Å². The molecule has 0 aliphatic heterocycles. The topological polar surface area (TPSA) is 63.6 Å². The molecule has 2 rings (SSSR count). The van der Waals surface area contributed by atoms with Crippen molar-refractivity contribution in [2.24, 2.45) is 0 Å². The minimum absolute atomic E-state index is 0.250. The van der Waals surface area contributed by atoms with E-state index in [4.69, 9.17) is 14.6 Å². The summed E-state index contributed by atoms with van der Waals surface area (Å²) in [4.78, 5) is 19.1. The van der Waals surface area contributed by atoms with Crippen LogP contribution in [0.4, 0.5) is 4.39 Å². The van der Waals surface area contributed by atoms with Crippen LogP contribution in [-0.4, -0.2) is 17.5 Å². The normalized spacial score (nSPS) is 9.22. The Morgan fingerprint density at radius 3 is 2.39 bits per heavy atom. The van der Waals surface area contributed by atoms with Gasteiger partial charge in [-0.15, -0.1) is 0 Å². The Labute approximate surface area is 103 Å². The van der Waals surface area contributed by atoms with Crippen molar-refractivity contribution in [3.8, 4) is 5.75 Å². The summed E-state index contributed by atoms with van der Waals surface area (Å²) in [5.74, 6) is -0.166. The van der Waals surface area contributed by atoms with Crippen molar-refractivity contribution >= 4 is 23.2 Å². The van der Waals surface area contributed by atoms with E-state index in [2.05, 4.69) is 0 Å². The molecule has 0 radical (unpaired) electrons. The van der Waals surface area contributed by atoms with Crippen LogP contribution in [0.5, 0.6) is 5.75 Å². The quantitative estimate of drug-likeness (QED) is 0.480. The van der Waals surface area contributed by atoms with Gasteiger partial charge in [0.15, 0.2) is 0 Å². The van der Waals surface area contributed by atoms with Crippen LogP contribution in [0.1, 0.15) is 6.92 Å². The van der Waals surface area contributed by atoms with E-state index in [1.807, 2.05) is 0 Å². The summed E-state index contributed by atoms with van der Waals surface area (Å²) in [5.41, 5.74) is 0. The first-order chi connectivity index (χ1) is 8.56. The lowest BCUT2D eigenvalue weighted by Crippen LogP contribution is -2.00. The number of ether oxygens (including phenoxy) is 1. The van der Waals surface area contributed by atoms with E-state index in [0.717, 1.165) is 10.8 Å². The maximum Gasteiger partial charge on any atom is 0.308 e. The molecule has 0 fully saturated rings. The summed E-state index contributed by atoms with van der Waals surface area (Å²) in [7, 11) is 0. The SMILES string of the molecule is CC(=O)Oc1ccc2cc(F)ccc2c1.O=CO. The van der Waals surface area contributed by atoms with Gasteiger partial charge in [0.25, 0.3) is 6.47 Å². The minimum atomic E-state index is -0.364. The highest BCUT2D eigenvalue weighted by molar-refractivity contribution is 5.84. The first kappa shape index (κ1) is 13.6. The average molecular weight is 250 g/mol. The van der Waals surface area contributed by atoms with Gasteiger partial charge in [-0.25, -0.2) is 4.39 Å². The fraction of sp³-hybridized carbons (Fsp3) is 0.0769. The smallest absolute Gasteiger partial charge is 0.308 e. The van der Waals surface area contributed by atoms with Crippen LogP contribution in [0, 0.1) is 5.82 Å². The molecule has 94 valence electrons. The fourth-order valence-electron chi connectivity index (χ4n) is 1.42. The second-order valence-electron chi connectivity index (χ2n) is 3.35. The third-order valence-corrected chi connectivity index (χ3v) is 2.04. The second kappa shape index (κ2) is 6.34. The van der Waals surface area contributed by atoms with Gasteiger partial charge in [0, 0.05) is 6.92 Å². The number of halogens is 1. The molecular weight excluding hydrogens is 239 g/mol. The maximum absolute atomic E-state index is 12.9. The van der Waals surface area contributed by atoms with Crippen molar-refractivity contribution in [2.75, 3.05) is 0 Å². The number of fused-ring (bicyclic) bond motifs is 1. The van der Waals surface area contributed by atoms with Gasteiger partial charge in [-0.1, -0.05) is 12.1 Å². The predicted molar refractivity (Wildman–Crippen MR) is 63.9 cm³/mol. The van der Waals surface area contributed by atoms with Crippen LogP contribution in [-0.2, 0) is 9.59 Å². The molecule has 0 unspecified atom stereocenters. The Balaban J connectivity index is 0.000000492. The Bertz CT molecular complexity index is 566. The molecule has 2 aromatic carbocycles. The lowest BCUT2D eigenvalue weighted by atomic mass is 10.1. The van der Waals surface area contributed by atoms with Gasteiger partial charge in [0.2, 0.25) is 0 Å². The number of esters is 1. The van der Waals surface area contributed by atoms with Crippen LogP contribution in [0.25, 0.3) is 10.8 Å². The minimum Gasteiger partial charge on any atom is -0.483 e. The van der Waals surface area contributed by atoms with Gasteiger partial charge in [0.05, 0.1) is 0 Å². The third-order valence-electron chi connectivity index (χ3n) is 2.04. The molecule has 5 heteroatoms. The summed E-state index contributed by atoms with van der Waals surface area (Å²) in [5, 5.41) is 8.51. The monoisotopic (exact) mass is 250 g/mol. The summed E-state index contributed by atoms with van der Waals surface area (Å²) in [6.07, 6.45) is 0. The standard InChI is InChI=1S/C12H9FO2.CH2O2/c1-8(14)15-12-5-3-9-6-11(13)4-2-10(9)7-12;2-1-3/h2-7H,1H3;1H,(H,2,3). The molecule has 0 saturated carbocycles. The molecule has 0 heterocycles. The van der Waals surface area contributed by atoms with E-state index in [1.54, 1.807) is 24.3 Å². The zero-order valence-corrected chi connectivity index (χ0v) is 9.59. The molecule has 4 nitrogen and oxygen atoms in total. The first-order valence-corrected chi connectivity index (χ1v) is 5.02. The van der Waals surface area contributed by atoms with E-state index in [9.17, 15) is 9.18 Å². The third kappa shape index (κ3) is 3.86. The summed E-state index contributed by atoms with van der Waals surface area (Å²) in [6, 6.07) is 9.53. The fourth-order valence-corrected chi connectivity index (χ4v) is 1.42. The number of carbonyl (C=O) groups excluding carboxylic acids is 1. The molecular formula is C13H11FO4. The molecule has 18 heavy (non-hydrogen) atoms. The van der Waals surface area contributed by atoms with E-state index in [1.165, 1.54) is 19.1 Å². The highest BCUT2D eigenvalue weighted by Crippen LogP contribution is 2.21. The first-order valence-electron chi connectivity index (χ1n) is 5.02. The highest BCUT2D eigenvalue weighted by atomic mass is 19.1. The van der Waals surface area contributed by atoms with Gasteiger partial charge in [-0.05, 0) is 35.0 Å². The molecule has 0 aromatic heterocycles. The molecule has 1 N–H and O–H groups in total. The number of carbonyl (C=O) groups is 2. The summed E-state index contributed by atoms with van der Waals surface area (Å²) >= 11 is 0. The van der Waals surface area contributed by atoms with E-state index >= 15 is 0 Å².